The molecule has 2 aromatic carbocycles. The number of carbonyl (C=O) groups is 1. The normalized spacial score (nSPS) is 18.5. The van der Waals surface area contributed by atoms with Gasteiger partial charge in [0.1, 0.15) is 23.1 Å². The van der Waals surface area contributed by atoms with Gasteiger partial charge in [-0.1, -0.05) is 12.1 Å². The number of nitrogens with zero attached hydrogens (tertiary/aromatic N) is 3. The minimum Gasteiger partial charge on any atom is -0.385 e. The number of anilines is 2. The van der Waals surface area contributed by atoms with Crippen molar-refractivity contribution in [2.45, 2.75) is 57.3 Å². The van der Waals surface area contributed by atoms with Gasteiger partial charge in [-0.15, -0.1) is 0 Å². The van der Waals surface area contributed by atoms with Crippen molar-refractivity contribution >= 4 is 28.3 Å². The molecule has 1 aromatic heterocycles. The number of halogens is 3. The van der Waals surface area contributed by atoms with Gasteiger partial charge in [-0.3, -0.25) is 4.79 Å². The van der Waals surface area contributed by atoms with Crippen LogP contribution in [0.4, 0.5) is 24.7 Å². The predicted octanol–water partition coefficient (Wildman–Crippen LogP) is 4.97. The van der Waals surface area contributed by atoms with Crippen LogP contribution in [0.1, 0.15) is 55.7 Å². The number of aromatic nitrogens is 2. The Labute approximate surface area is 225 Å². The Morgan fingerprint density at radius 2 is 1.90 bits per heavy atom. The van der Waals surface area contributed by atoms with Crippen LogP contribution in [-0.2, 0) is 25.8 Å². The Morgan fingerprint density at radius 3 is 2.51 bits per heavy atom. The number of carbonyl (C=O) groups excluding carboxylic acids is 1. The van der Waals surface area contributed by atoms with E-state index >= 15 is 4.39 Å². The molecule has 2 heterocycles. The third kappa shape index (κ3) is 4.62. The maximum Gasteiger partial charge on any atom is 0.303 e. The first-order valence-electron chi connectivity index (χ1n) is 12.5. The van der Waals surface area contributed by atoms with Crippen LogP contribution < -0.4 is 10.2 Å². The smallest absolute Gasteiger partial charge is 0.303 e. The van der Waals surface area contributed by atoms with Crippen LogP contribution in [-0.4, -0.2) is 54.5 Å². The highest BCUT2D eigenvalue weighted by Gasteiger charge is 2.51. The molecule has 2 atom stereocenters. The fourth-order valence-electron chi connectivity index (χ4n) is 5.01. The lowest BCUT2D eigenvalue weighted by Gasteiger charge is -2.30. The molecule has 0 aliphatic carbocycles. The van der Waals surface area contributed by atoms with Crippen molar-refractivity contribution in [2.75, 3.05) is 38.1 Å². The quantitative estimate of drug-likeness (QED) is 0.391. The first-order chi connectivity index (χ1) is 18.2. The zero-order valence-corrected chi connectivity index (χ0v) is 23.0. The van der Waals surface area contributed by atoms with Crippen molar-refractivity contribution < 1.29 is 32.5 Å². The minimum absolute atomic E-state index is 0.0211. The summed E-state index contributed by atoms with van der Waals surface area (Å²) < 4.78 is 56.1. The number of hydrogen-bond acceptors (Lipinski definition) is 7. The Balaban J connectivity index is 1.80. The van der Waals surface area contributed by atoms with E-state index in [2.05, 4.69) is 15.3 Å². The number of ether oxygens (including phenoxy) is 2. The monoisotopic (exact) mass is 546 g/mol. The van der Waals surface area contributed by atoms with Gasteiger partial charge >= 0.3 is 5.92 Å². The first kappa shape index (κ1) is 28.7. The molecule has 1 amide bonds. The number of methoxy groups -OCH3 is 2. The van der Waals surface area contributed by atoms with Gasteiger partial charge in [-0.25, -0.2) is 14.4 Å². The van der Waals surface area contributed by atoms with Crippen LogP contribution >= 0.6 is 0 Å². The van der Waals surface area contributed by atoms with Gasteiger partial charge in [0, 0.05) is 50.8 Å². The zero-order valence-electron chi connectivity index (χ0n) is 23.0. The first-order valence-corrected chi connectivity index (χ1v) is 12.5. The summed E-state index contributed by atoms with van der Waals surface area (Å²) in [4.78, 5) is 23.9. The fourth-order valence-corrected chi connectivity index (χ4v) is 5.01. The number of likely N-dealkylation sites (N-methyl/N-ethyl adjacent to an activating group) is 1. The summed E-state index contributed by atoms with van der Waals surface area (Å²) >= 11 is 0. The second-order valence-corrected chi connectivity index (χ2v) is 10.4. The van der Waals surface area contributed by atoms with E-state index in [0.29, 0.717) is 46.8 Å². The van der Waals surface area contributed by atoms with Crippen molar-refractivity contribution in [3.05, 3.63) is 58.7 Å². The summed E-state index contributed by atoms with van der Waals surface area (Å²) in [6.45, 7) is 5.49. The zero-order chi connectivity index (χ0) is 28.9. The molecule has 1 aliphatic rings. The maximum absolute atomic E-state index is 15.4. The Morgan fingerprint density at radius 1 is 1.21 bits per heavy atom. The van der Waals surface area contributed by atoms with Gasteiger partial charge in [-0.2, -0.15) is 8.78 Å². The summed E-state index contributed by atoms with van der Waals surface area (Å²) in [5, 5.41) is 13.7. The molecule has 2 N–H and O–H groups in total. The highest BCUT2D eigenvalue weighted by molar-refractivity contribution is 6.09. The number of fused-ring (bicyclic) bond motifs is 2. The van der Waals surface area contributed by atoms with E-state index in [9.17, 15) is 18.7 Å². The van der Waals surface area contributed by atoms with Crippen LogP contribution in [0.5, 0.6) is 0 Å². The molecule has 0 spiro atoms. The van der Waals surface area contributed by atoms with Crippen LogP contribution in [0.25, 0.3) is 10.9 Å². The van der Waals surface area contributed by atoms with E-state index in [0.717, 1.165) is 19.9 Å². The SMILES string of the molecule is COCC[C@@]1(OC)C(=O)N(C)c2cc3c(N[C@H](C)c4cccc(C(F)(F)C(C)(C)O)c4F)nc(C)nc3cc21. The topological polar surface area (TPSA) is 96.8 Å². The summed E-state index contributed by atoms with van der Waals surface area (Å²) in [7, 11) is 4.67. The lowest BCUT2D eigenvalue weighted by atomic mass is 9.90. The van der Waals surface area contributed by atoms with Gasteiger partial charge in [0.25, 0.3) is 5.91 Å². The number of aryl methyl sites for hydroxylation is 1. The molecule has 0 fully saturated rings. The molecule has 39 heavy (non-hydrogen) atoms. The number of benzene rings is 2. The molecular weight excluding hydrogens is 513 g/mol. The highest BCUT2D eigenvalue weighted by Crippen LogP contribution is 2.47. The van der Waals surface area contributed by atoms with Gasteiger partial charge < -0.3 is 24.8 Å². The van der Waals surface area contributed by atoms with Gasteiger partial charge in [0.05, 0.1) is 22.8 Å². The van der Waals surface area contributed by atoms with Crippen LogP contribution in [0.15, 0.2) is 30.3 Å². The van der Waals surface area contributed by atoms with Crippen LogP contribution in [0, 0.1) is 12.7 Å². The van der Waals surface area contributed by atoms with E-state index in [1.165, 1.54) is 24.1 Å². The Bertz CT molecular complexity index is 1430. The van der Waals surface area contributed by atoms with E-state index in [1.807, 2.05) is 0 Å². The number of rotatable bonds is 9. The van der Waals surface area contributed by atoms with Crippen molar-refractivity contribution in [2.24, 2.45) is 0 Å². The second-order valence-electron chi connectivity index (χ2n) is 10.4. The minimum atomic E-state index is -3.82. The molecular formula is C28H33F3N4O4. The molecule has 0 radical (unpaired) electrons. The second kappa shape index (κ2) is 10.0. The fraction of sp³-hybridized carbons (Fsp3) is 0.464. The van der Waals surface area contributed by atoms with E-state index in [4.69, 9.17) is 9.47 Å². The van der Waals surface area contributed by atoms with Crippen molar-refractivity contribution in [1.29, 1.82) is 0 Å². The Kier molecular flexibility index (Phi) is 7.39. The number of amides is 1. The molecule has 11 heteroatoms. The molecule has 3 aromatic rings. The third-order valence-electron chi connectivity index (χ3n) is 7.33. The van der Waals surface area contributed by atoms with Crippen molar-refractivity contribution in [3.8, 4) is 0 Å². The summed E-state index contributed by atoms with van der Waals surface area (Å²) in [6, 6.07) is 6.45. The number of aliphatic hydroxyl groups is 1. The largest absolute Gasteiger partial charge is 0.385 e. The van der Waals surface area contributed by atoms with Crippen molar-refractivity contribution in [3.63, 3.8) is 0 Å². The average molecular weight is 547 g/mol. The van der Waals surface area contributed by atoms with Gasteiger partial charge in [0.2, 0.25) is 0 Å². The maximum atomic E-state index is 15.4. The number of nitrogens with one attached hydrogen (secondary N) is 1. The van der Waals surface area contributed by atoms with E-state index in [1.54, 1.807) is 40.1 Å². The molecule has 1 aliphatic heterocycles. The lowest BCUT2D eigenvalue weighted by molar-refractivity contribution is -0.170. The third-order valence-corrected chi connectivity index (χ3v) is 7.33. The number of alkyl halides is 2. The standard InChI is InChI=1S/C28H33F3N4O4/c1-15(17-9-8-10-19(23(17)29)28(30,31)26(3,4)37)32-24-18-13-22-20(14-21(18)33-16(2)34-24)27(39-7,11-12-38-6)25(36)35(22)5/h8-10,13-15,37H,11-12H2,1-7H3,(H,32,33,34)/t15-,27+/m1/s1. The molecule has 0 bridgehead atoms. The predicted molar refractivity (Wildman–Crippen MR) is 141 cm³/mol. The van der Waals surface area contributed by atoms with Crippen LogP contribution in [0.3, 0.4) is 0 Å². The molecule has 8 nitrogen and oxygen atoms in total. The van der Waals surface area contributed by atoms with Gasteiger partial charge in [0.15, 0.2) is 5.60 Å². The lowest BCUT2D eigenvalue weighted by Crippen LogP contribution is -2.41. The van der Waals surface area contributed by atoms with Gasteiger partial charge in [-0.05, 0) is 45.9 Å². The van der Waals surface area contributed by atoms with Crippen molar-refractivity contribution in [1.82, 2.24) is 9.97 Å². The summed E-state index contributed by atoms with van der Waals surface area (Å²) in [5.74, 6) is -4.42. The molecule has 0 saturated heterocycles. The van der Waals surface area contributed by atoms with E-state index in [-0.39, 0.29) is 11.5 Å². The summed E-state index contributed by atoms with van der Waals surface area (Å²) in [6.07, 6.45) is 0.304. The number of hydrogen-bond donors (Lipinski definition) is 2. The van der Waals surface area contributed by atoms with E-state index < -0.39 is 34.5 Å². The highest BCUT2D eigenvalue weighted by atomic mass is 19.3. The summed E-state index contributed by atoms with van der Waals surface area (Å²) in [5.41, 5.74) is -2.84. The van der Waals surface area contributed by atoms with Crippen LogP contribution in [0.2, 0.25) is 0 Å². The molecule has 0 saturated carbocycles. The molecule has 4 rings (SSSR count). The average Bonchev–Trinajstić information content (AvgIpc) is 3.06. The molecule has 210 valence electrons. The Hall–Kier alpha value is -3.28. The molecule has 0 unspecified atom stereocenters.